The summed E-state index contributed by atoms with van der Waals surface area (Å²) in [6.07, 6.45) is 4.54. The van der Waals surface area contributed by atoms with Gasteiger partial charge in [0.05, 0.1) is 10.8 Å². The molecule has 2 N–H and O–H groups in total. The average molecular weight is 484 g/mol. The number of aromatic nitrogens is 3. The summed E-state index contributed by atoms with van der Waals surface area (Å²) in [6.45, 7) is 6.03. The molecule has 1 amide bonds. The molecule has 5 rings (SSSR count). The highest BCUT2D eigenvalue weighted by Crippen LogP contribution is 2.35. The van der Waals surface area contributed by atoms with Crippen LogP contribution < -0.4 is 15.6 Å². The first-order valence-corrected chi connectivity index (χ1v) is 12.0. The van der Waals surface area contributed by atoms with Gasteiger partial charge in [-0.2, -0.15) is 0 Å². The highest BCUT2D eigenvalue weighted by Gasteiger charge is 2.46. The minimum atomic E-state index is -1.30. The van der Waals surface area contributed by atoms with E-state index in [0.29, 0.717) is 48.5 Å². The predicted octanol–water partition coefficient (Wildman–Crippen LogP) is 1.97. The lowest BCUT2D eigenvalue weighted by atomic mass is 9.80. The normalized spacial score (nSPS) is 18.0. The summed E-state index contributed by atoms with van der Waals surface area (Å²) in [7, 11) is 0. The van der Waals surface area contributed by atoms with Gasteiger partial charge in [0.25, 0.3) is 0 Å². The van der Waals surface area contributed by atoms with Crippen LogP contribution in [-0.2, 0) is 9.53 Å². The number of carbonyl (C=O) groups is 2. The number of pyridine rings is 2. The molecule has 178 valence electrons. The fourth-order valence-corrected chi connectivity index (χ4v) is 5.19. The number of carboxylic acids is 1. The quantitative estimate of drug-likeness (QED) is 0.564. The number of aromatic carboxylic acids is 1. The molecule has 0 unspecified atom stereocenters. The highest BCUT2D eigenvalue weighted by molar-refractivity contribution is 7.12. The second-order valence-electron chi connectivity index (χ2n) is 9.13. The number of hydrogen-bond donors (Lipinski definition) is 2. The molecule has 0 radical (unpaired) electrons. The molecule has 3 aromatic heterocycles. The molecular formula is C23H25N5O5S. The number of thiazole rings is 1. The molecule has 0 aromatic carbocycles. The number of fused-ring (bicyclic) bond motifs is 1. The van der Waals surface area contributed by atoms with Gasteiger partial charge in [0, 0.05) is 50.1 Å². The first kappa shape index (κ1) is 22.5. The van der Waals surface area contributed by atoms with E-state index < -0.39 is 16.8 Å². The van der Waals surface area contributed by atoms with E-state index in [1.54, 1.807) is 29.1 Å². The molecule has 11 heteroatoms. The van der Waals surface area contributed by atoms with E-state index in [1.165, 1.54) is 17.5 Å². The summed E-state index contributed by atoms with van der Waals surface area (Å²) < 4.78 is 6.92. The van der Waals surface area contributed by atoms with Gasteiger partial charge in [-0.1, -0.05) is 0 Å². The Morgan fingerprint density at radius 2 is 2.03 bits per heavy atom. The Labute approximate surface area is 199 Å². The Kier molecular flexibility index (Phi) is 5.61. The van der Waals surface area contributed by atoms with E-state index in [1.807, 2.05) is 11.8 Å². The third kappa shape index (κ3) is 3.84. The smallest absolute Gasteiger partial charge is 0.341 e. The number of nitrogens with one attached hydrogen (secondary N) is 1. The number of anilines is 1. The molecule has 3 aromatic rings. The maximum atomic E-state index is 12.9. The zero-order valence-corrected chi connectivity index (χ0v) is 19.7. The van der Waals surface area contributed by atoms with Crippen molar-refractivity contribution in [2.24, 2.45) is 5.41 Å². The van der Waals surface area contributed by atoms with Gasteiger partial charge >= 0.3 is 5.97 Å². The van der Waals surface area contributed by atoms with Crippen molar-refractivity contribution in [1.29, 1.82) is 0 Å². The van der Waals surface area contributed by atoms with E-state index in [0.717, 1.165) is 12.8 Å². The maximum absolute atomic E-state index is 12.9. The molecule has 0 bridgehead atoms. The molecule has 0 saturated carbocycles. The highest BCUT2D eigenvalue weighted by atomic mass is 32.1. The molecule has 10 nitrogen and oxygen atoms in total. The molecule has 2 saturated heterocycles. The van der Waals surface area contributed by atoms with E-state index in [2.05, 4.69) is 10.3 Å². The first-order chi connectivity index (χ1) is 16.3. The summed E-state index contributed by atoms with van der Waals surface area (Å²) in [6, 6.07) is 1.92. The zero-order valence-electron chi connectivity index (χ0n) is 18.9. The maximum Gasteiger partial charge on any atom is 0.341 e. The van der Waals surface area contributed by atoms with Gasteiger partial charge in [-0.25, -0.2) is 14.8 Å². The van der Waals surface area contributed by atoms with Gasteiger partial charge in [0.15, 0.2) is 10.8 Å². The summed E-state index contributed by atoms with van der Waals surface area (Å²) in [5, 5.41) is 15.2. The summed E-state index contributed by atoms with van der Waals surface area (Å²) in [5.74, 6) is -0.636. The third-order valence-electron chi connectivity index (χ3n) is 6.51. The van der Waals surface area contributed by atoms with Crippen molar-refractivity contribution < 1.29 is 19.4 Å². The van der Waals surface area contributed by atoms with Crippen LogP contribution in [0.3, 0.4) is 0 Å². The van der Waals surface area contributed by atoms with E-state index >= 15 is 0 Å². The van der Waals surface area contributed by atoms with Gasteiger partial charge in [-0.15, -0.1) is 11.3 Å². The monoisotopic (exact) mass is 483 g/mol. The molecule has 0 spiro atoms. The van der Waals surface area contributed by atoms with Gasteiger partial charge in [-0.05, 0) is 38.3 Å². The van der Waals surface area contributed by atoms with Crippen LogP contribution >= 0.6 is 11.3 Å². The van der Waals surface area contributed by atoms with Crippen LogP contribution in [0.5, 0.6) is 0 Å². The van der Waals surface area contributed by atoms with E-state index in [4.69, 9.17) is 9.72 Å². The molecule has 0 aliphatic carbocycles. The second-order valence-corrected chi connectivity index (χ2v) is 10.0. The Balaban J connectivity index is 1.47. The number of carboxylic acid groups (broad SMARTS) is 1. The van der Waals surface area contributed by atoms with Crippen molar-refractivity contribution in [3.8, 4) is 5.13 Å². The molecular weight excluding hydrogens is 458 g/mol. The first-order valence-electron chi connectivity index (χ1n) is 11.1. The van der Waals surface area contributed by atoms with Gasteiger partial charge in [0.2, 0.25) is 11.3 Å². The lowest BCUT2D eigenvalue weighted by Gasteiger charge is -2.48. The Morgan fingerprint density at radius 1 is 1.29 bits per heavy atom. The van der Waals surface area contributed by atoms with Crippen molar-refractivity contribution in [3.63, 3.8) is 0 Å². The summed E-state index contributed by atoms with van der Waals surface area (Å²) >= 11 is 1.32. The number of amides is 1. The Morgan fingerprint density at radius 3 is 2.68 bits per heavy atom. The number of hydrogen-bond acceptors (Lipinski definition) is 8. The molecule has 2 aliphatic heterocycles. The average Bonchev–Trinajstić information content (AvgIpc) is 3.32. The van der Waals surface area contributed by atoms with Crippen molar-refractivity contribution in [2.45, 2.75) is 32.7 Å². The van der Waals surface area contributed by atoms with E-state index in [9.17, 15) is 19.5 Å². The molecule has 0 atom stereocenters. The molecule has 2 fully saturated rings. The summed E-state index contributed by atoms with van der Waals surface area (Å²) in [4.78, 5) is 48.6. The number of ether oxygens (including phenoxy) is 1. The molecule has 2 aliphatic rings. The van der Waals surface area contributed by atoms with Gasteiger partial charge < -0.3 is 20.1 Å². The number of nitrogens with zero attached hydrogens (tertiary/aromatic N) is 4. The fraction of sp³-hybridized carbons (Fsp3) is 0.435. The van der Waals surface area contributed by atoms with Crippen molar-refractivity contribution >= 4 is 40.1 Å². The van der Waals surface area contributed by atoms with Crippen molar-refractivity contribution in [2.75, 3.05) is 31.2 Å². The SMILES string of the molecule is Cc1cc(N2CC(C)(C(=O)NC3CCOCC3)C2)nc2c1c(=O)c(C(=O)O)cn2-c1nccs1. The topological polar surface area (TPSA) is 127 Å². The molecule has 34 heavy (non-hydrogen) atoms. The van der Waals surface area contributed by atoms with Crippen molar-refractivity contribution in [1.82, 2.24) is 19.9 Å². The van der Waals surface area contributed by atoms with Gasteiger partial charge in [0.1, 0.15) is 11.4 Å². The lowest BCUT2D eigenvalue weighted by molar-refractivity contribution is -0.132. The van der Waals surface area contributed by atoms with E-state index in [-0.39, 0.29) is 22.9 Å². The Hall–Kier alpha value is -3.31. The minimum absolute atomic E-state index is 0.0268. The predicted molar refractivity (Wildman–Crippen MR) is 127 cm³/mol. The largest absolute Gasteiger partial charge is 0.477 e. The number of rotatable bonds is 5. The van der Waals surface area contributed by atoms with Crippen LogP contribution in [-0.4, -0.2) is 63.9 Å². The van der Waals surface area contributed by atoms with Crippen LogP contribution in [0.2, 0.25) is 0 Å². The van der Waals surface area contributed by atoms with Crippen LogP contribution in [0, 0.1) is 12.3 Å². The van der Waals surface area contributed by atoms with Crippen LogP contribution in [0.4, 0.5) is 5.82 Å². The second kappa shape index (κ2) is 8.48. The number of carbonyl (C=O) groups excluding carboxylic acids is 1. The Bertz CT molecular complexity index is 1320. The number of aryl methyl sites for hydroxylation is 1. The molecule has 5 heterocycles. The third-order valence-corrected chi connectivity index (χ3v) is 7.28. The lowest BCUT2D eigenvalue weighted by Crippen LogP contribution is -2.63. The van der Waals surface area contributed by atoms with Gasteiger partial charge in [-0.3, -0.25) is 14.2 Å². The standard InChI is InChI=1S/C23H25N5O5S/c1-13-9-16(27-11-23(2,12-27)21(32)25-14-3-6-33-7-4-14)26-19-17(13)18(29)15(20(30)31)10-28(19)22-24-5-8-34-22/h5,8-10,14H,3-4,6-7,11-12H2,1-2H3,(H,25,32)(H,30,31). The van der Waals surface area contributed by atoms with Crippen LogP contribution in [0.25, 0.3) is 16.2 Å². The summed E-state index contributed by atoms with van der Waals surface area (Å²) in [5.41, 5.74) is -0.470. The van der Waals surface area contributed by atoms with Crippen LogP contribution in [0.1, 0.15) is 35.7 Å². The fourth-order valence-electron chi connectivity index (χ4n) is 4.58. The van der Waals surface area contributed by atoms with Crippen molar-refractivity contribution in [3.05, 3.63) is 45.2 Å². The zero-order chi connectivity index (χ0) is 24.0. The minimum Gasteiger partial charge on any atom is -0.477 e. The van der Waals surface area contributed by atoms with Crippen LogP contribution in [0.15, 0.2) is 28.6 Å².